The molecule has 6 rings (SSSR count). The van der Waals surface area contributed by atoms with Crippen LogP contribution in [-0.2, 0) is 4.74 Å². The summed E-state index contributed by atoms with van der Waals surface area (Å²) in [6.07, 6.45) is 9.91. The van der Waals surface area contributed by atoms with Crippen molar-refractivity contribution in [3.8, 4) is 0 Å². The zero-order chi connectivity index (χ0) is 34.9. The molecule has 6 aliphatic heterocycles. The van der Waals surface area contributed by atoms with Crippen LogP contribution in [0.3, 0.4) is 0 Å². The zero-order valence-corrected chi connectivity index (χ0v) is 33.5. The van der Waals surface area contributed by atoms with E-state index < -0.39 is 0 Å². The van der Waals surface area contributed by atoms with Gasteiger partial charge in [0, 0.05) is 72.0 Å². The van der Waals surface area contributed by atoms with Crippen LogP contribution in [0.2, 0.25) is 0 Å². The molecule has 6 saturated heterocycles. The number of hydrogen-bond acceptors (Lipinski definition) is 9. The Balaban J connectivity index is 0.000000551. The number of likely N-dealkylation sites (N-methyl/N-ethyl adjacent to an activating group) is 5. The monoisotopic (exact) mass is 685 g/mol. The smallest absolute Gasteiger partial charge is 0.0594 e. The minimum absolute atomic E-state index is 0. The summed E-state index contributed by atoms with van der Waals surface area (Å²) in [6, 6.07) is 0. The van der Waals surface area contributed by atoms with E-state index in [1.165, 1.54) is 143 Å². The van der Waals surface area contributed by atoms with Crippen LogP contribution < -0.4 is 0 Å². The van der Waals surface area contributed by atoms with Gasteiger partial charge >= 0.3 is 0 Å². The maximum absolute atomic E-state index is 5.10. The number of piperidine rings is 3. The molecule has 6 heterocycles. The van der Waals surface area contributed by atoms with Crippen molar-refractivity contribution in [2.45, 2.75) is 73.1 Å². The highest BCUT2D eigenvalue weighted by atomic mass is 16.5. The predicted octanol–water partition coefficient (Wildman–Crippen LogP) is 4.50. The molecule has 0 aromatic rings. The molecule has 48 heavy (non-hydrogen) atoms. The minimum atomic E-state index is 0. The van der Waals surface area contributed by atoms with E-state index >= 15 is 0 Å². The second-order valence-corrected chi connectivity index (χ2v) is 15.6. The lowest BCUT2D eigenvalue weighted by atomic mass is 10.00. The van der Waals surface area contributed by atoms with Crippen molar-refractivity contribution >= 4 is 0 Å². The van der Waals surface area contributed by atoms with E-state index in [-0.39, 0.29) is 7.43 Å². The molecule has 0 radical (unpaired) electrons. The fourth-order valence-electron chi connectivity index (χ4n) is 6.34. The van der Waals surface area contributed by atoms with Crippen molar-refractivity contribution in [2.24, 2.45) is 11.8 Å². The zero-order valence-electron chi connectivity index (χ0n) is 33.5. The van der Waals surface area contributed by atoms with Crippen LogP contribution in [0.4, 0.5) is 0 Å². The Labute approximate surface area is 302 Å². The first kappa shape index (κ1) is 47.6. The molecular weight excluding hydrogens is 596 g/mol. The Morgan fingerprint density at radius 2 is 0.812 bits per heavy atom. The third kappa shape index (κ3) is 27.4. The summed E-state index contributed by atoms with van der Waals surface area (Å²) in [4.78, 5) is 19.1. The van der Waals surface area contributed by atoms with Crippen molar-refractivity contribution in [2.75, 3.05) is 174 Å². The lowest BCUT2D eigenvalue weighted by Gasteiger charge is -2.31. The van der Waals surface area contributed by atoms with Crippen LogP contribution in [0.5, 0.6) is 0 Å². The van der Waals surface area contributed by atoms with Gasteiger partial charge in [0.15, 0.2) is 0 Å². The summed E-state index contributed by atoms with van der Waals surface area (Å²) in [5.41, 5.74) is 0. The average molecular weight is 685 g/mol. The van der Waals surface area contributed by atoms with Gasteiger partial charge in [-0.3, -0.25) is 0 Å². The van der Waals surface area contributed by atoms with Gasteiger partial charge in [-0.2, -0.15) is 0 Å². The maximum Gasteiger partial charge on any atom is 0.0594 e. The highest BCUT2D eigenvalue weighted by Crippen LogP contribution is 2.14. The van der Waals surface area contributed by atoms with Crippen molar-refractivity contribution in [1.29, 1.82) is 0 Å². The highest BCUT2D eigenvalue weighted by molar-refractivity contribution is 4.68. The molecule has 1 unspecified atom stereocenters. The van der Waals surface area contributed by atoms with E-state index in [9.17, 15) is 0 Å². The van der Waals surface area contributed by atoms with Gasteiger partial charge in [-0.1, -0.05) is 34.6 Å². The first-order valence-electron chi connectivity index (χ1n) is 19.6. The lowest BCUT2D eigenvalue weighted by Crippen LogP contribution is -2.44. The Morgan fingerprint density at radius 3 is 1.12 bits per heavy atom. The Hall–Kier alpha value is -0.360. The molecule has 6 fully saturated rings. The summed E-state index contributed by atoms with van der Waals surface area (Å²) in [6.45, 7) is 29.9. The third-order valence-electron chi connectivity index (χ3n) is 10.5. The van der Waals surface area contributed by atoms with Crippen LogP contribution >= 0.6 is 0 Å². The molecule has 0 saturated carbocycles. The molecule has 0 bridgehead atoms. The number of morpholine rings is 1. The number of piperazine rings is 2. The molecule has 6 aliphatic rings. The van der Waals surface area contributed by atoms with Gasteiger partial charge in [-0.05, 0) is 139 Å². The molecule has 1 atom stereocenters. The molecule has 290 valence electrons. The number of hydrogen-bond donors (Lipinski definition) is 0. The van der Waals surface area contributed by atoms with Crippen molar-refractivity contribution < 1.29 is 4.74 Å². The quantitative estimate of drug-likeness (QED) is 0.397. The summed E-state index contributed by atoms with van der Waals surface area (Å²) < 4.78 is 5.10. The van der Waals surface area contributed by atoms with Crippen LogP contribution in [0.1, 0.15) is 73.1 Å². The number of rotatable bonds is 1. The van der Waals surface area contributed by atoms with Gasteiger partial charge in [0.2, 0.25) is 0 Å². The van der Waals surface area contributed by atoms with Gasteiger partial charge in [-0.15, -0.1) is 0 Å². The van der Waals surface area contributed by atoms with Crippen molar-refractivity contribution in [3.05, 3.63) is 0 Å². The van der Waals surface area contributed by atoms with E-state index in [1.54, 1.807) is 0 Å². The van der Waals surface area contributed by atoms with Crippen LogP contribution in [0.25, 0.3) is 0 Å². The standard InChI is InChI=1S/C7H16N2.2C7H15N.C6H14N2.C6H13N.C5H11NO.CH4/c1-3-9-6-4-8(2)5-7-9;1-7-3-5-8(2)6-4-7;1-7-4-3-5-8(2)6-7;1-7-3-5-8(2)6-4-7;1-7-5-3-2-4-6-7;1-6-2-4-7-5-3-6;/h3-7H2,1-2H3;2*7H,3-6H2,1-2H3;3-6H2,1-2H3;2-6H2,1H3;2-5H2,1H3;1H4. The van der Waals surface area contributed by atoms with Crippen molar-refractivity contribution in [3.63, 3.8) is 0 Å². The fraction of sp³-hybridized carbons (Fsp3) is 1.00. The largest absolute Gasteiger partial charge is 0.379 e. The van der Waals surface area contributed by atoms with Gasteiger partial charge in [-0.25, -0.2) is 0 Å². The highest BCUT2D eigenvalue weighted by Gasteiger charge is 2.12. The van der Waals surface area contributed by atoms with E-state index in [0.29, 0.717) is 0 Å². The van der Waals surface area contributed by atoms with E-state index in [4.69, 9.17) is 4.74 Å². The van der Waals surface area contributed by atoms with Crippen molar-refractivity contribution in [1.82, 2.24) is 39.2 Å². The van der Waals surface area contributed by atoms with E-state index in [1.807, 2.05) is 0 Å². The van der Waals surface area contributed by atoms with E-state index in [0.717, 1.165) is 38.1 Å². The summed E-state index contributed by atoms with van der Waals surface area (Å²) in [7, 11) is 15.2. The van der Waals surface area contributed by atoms with Gasteiger partial charge in [0.05, 0.1) is 13.2 Å². The summed E-state index contributed by atoms with van der Waals surface area (Å²) in [5, 5.41) is 0. The first-order valence-corrected chi connectivity index (χ1v) is 19.6. The molecule has 9 heteroatoms. The number of ether oxygens (including phenoxy) is 1. The summed E-state index contributed by atoms with van der Waals surface area (Å²) in [5.74, 6) is 1.92. The van der Waals surface area contributed by atoms with Crippen LogP contribution in [-0.4, -0.2) is 213 Å². The Morgan fingerprint density at radius 1 is 0.417 bits per heavy atom. The predicted molar refractivity (Wildman–Crippen MR) is 213 cm³/mol. The number of likely N-dealkylation sites (tertiary alicyclic amines) is 3. The molecule has 0 N–H and O–H groups in total. The van der Waals surface area contributed by atoms with Gasteiger partial charge in [0.25, 0.3) is 0 Å². The van der Waals surface area contributed by atoms with Gasteiger partial charge < -0.3 is 43.9 Å². The maximum atomic E-state index is 5.10. The normalized spacial score (nSPS) is 26.2. The van der Waals surface area contributed by atoms with Crippen LogP contribution in [0.15, 0.2) is 0 Å². The topological polar surface area (TPSA) is 35.2 Å². The second kappa shape index (κ2) is 30.3. The van der Waals surface area contributed by atoms with Crippen LogP contribution in [0, 0.1) is 11.8 Å². The Bertz CT molecular complexity index is 603. The molecule has 0 aromatic carbocycles. The molecule has 0 aliphatic carbocycles. The molecule has 9 nitrogen and oxygen atoms in total. The van der Waals surface area contributed by atoms with E-state index in [2.05, 4.69) is 109 Å². The minimum Gasteiger partial charge on any atom is -0.379 e. The SMILES string of the molecule is C.CC1CCCN(C)C1.CC1CCN(C)CC1.CCN1CCN(C)CC1.CN1CCCCC1.CN1CCN(C)CC1.CN1CCOCC1. The Kier molecular flexibility index (Phi) is 30.1. The summed E-state index contributed by atoms with van der Waals surface area (Å²) >= 11 is 0. The molecular formula is C39H88N8O. The second-order valence-electron chi connectivity index (χ2n) is 15.6. The van der Waals surface area contributed by atoms with Gasteiger partial charge in [0.1, 0.15) is 0 Å². The lowest BCUT2D eigenvalue weighted by molar-refractivity contribution is 0.0503. The molecule has 0 spiro atoms. The molecule has 0 amide bonds. The molecule has 0 aromatic heterocycles. The number of nitrogens with zero attached hydrogens (tertiary/aromatic N) is 8. The first-order chi connectivity index (χ1) is 22.5. The third-order valence-corrected chi connectivity index (χ3v) is 10.5. The average Bonchev–Trinajstić information content (AvgIpc) is 3.06. The fourth-order valence-corrected chi connectivity index (χ4v) is 6.34.